The van der Waals surface area contributed by atoms with Crippen molar-refractivity contribution >= 4 is 33.8 Å². The summed E-state index contributed by atoms with van der Waals surface area (Å²) in [6, 6.07) is -1.12. The molecule has 0 aliphatic heterocycles. The first kappa shape index (κ1) is 14.8. The zero-order valence-electron chi connectivity index (χ0n) is 8.59. The lowest BCUT2D eigenvalue weighted by molar-refractivity contribution is -0.126. The minimum Gasteiger partial charge on any atom is -0.344 e. The molecule has 0 bridgehead atoms. The summed E-state index contributed by atoms with van der Waals surface area (Å²) in [5, 5.41) is 2.20. The Morgan fingerprint density at radius 1 is 1.44 bits per heavy atom. The van der Waals surface area contributed by atoms with E-state index in [0.717, 1.165) is 6.26 Å². The fourth-order valence-corrected chi connectivity index (χ4v) is 1.74. The number of nitroso groups, excluding NO2 is 1. The van der Waals surface area contributed by atoms with Gasteiger partial charge in [-0.05, 0) is 0 Å². The molecular weight excluding hydrogens is 258 g/mol. The van der Waals surface area contributed by atoms with E-state index in [0.29, 0.717) is 11.9 Å². The van der Waals surface area contributed by atoms with Crippen LogP contribution in [0, 0.1) is 4.91 Å². The molecule has 2 amide bonds. The molecular formula is C6H11N3O5S2. The van der Waals surface area contributed by atoms with Crippen LogP contribution in [0.25, 0.3) is 0 Å². The molecule has 0 aromatic heterocycles. The minimum atomic E-state index is -3.70. The quantitative estimate of drug-likeness (QED) is 0.470. The maximum atomic E-state index is 11.3. The van der Waals surface area contributed by atoms with Gasteiger partial charge in [-0.2, -0.15) is 0 Å². The normalized spacial score (nSPS) is 12.6. The van der Waals surface area contributed by atoms with Crippen molar-refractivity contribution in [3.63, 3.8) is 0 Å². The van der Waals surface area contributed by atoms with Crippen molar-refractivity contribution in [1.29, 1.82) is 0 Å². The van der Waals surface area contributed by atoms with Crippen LogP contribution in [0.5, 0.6) is 0 Å². The lowest BCUT2D eigenvalue weighted by atomic mass is 10.3. The van der Waals surface area contributed by atoms with Crippen molar-refractivity contribution in [2.75, 3.05) is 12.0 Å². The lowest BCUT2D eigenvalue weighted by Gasteiger charge is -2.14. The Kier molecular flexibility index (Phi) is 5.96. The molecule has 0 aromatic rings. The van der Waals surface area contributed by atoms with Gasteiger partial charge in [-0.15, -0.1) is 4.91 Å². The van der Waals surface area contributed by atoms with E-state index in [9.17, 15) is 22.9 Å². The highest BCUT2D eigenvalue weighted by Crippen LogP contribution is 2.03. The smallest absolute Gasteiger partial charge is 0.256 e. The summed E-state index contributed by atoms with van der Waals surface area (Å²) in [5.74, 6) is -1.56. The van der Waals surface area contributed by atoms with Crippen molar-refractivity contribution < 1.29 is 18.0 Å². The number of carbonyl (C=O) groups excluding carboxylic acids is 2. The molecule has 0 aliphatic carbocycles. The van der Waals surface area contributed by atoms with Gasteiger partial charge in [0.05, 0.1) is 6.26 Å². The molecule has 0 spiro atoms. The number of carbonyl (C=O) groups is 2. The van der Waals surface area contributed by atoms with Gasteiger partial charge >= 0.3 is 0 Å². The summed E-state index contributed by atoms with van der Waals surface area (Å²) in [6.45, 7) is 1.17. The van der Waals surface area contributed by atoms with E-state index >= 15 is 0 Å². The number of hydrogen-bond acceptors (Lipinski definition) is 7. The highest BCUT2D eigenvalue weighted by atomic mass is 32.2. The maximum Gasteiger partial charge on any atom is 0.256 e. The van der Waals surface area contributed by atoms with Crippen LogP contribution in [0.2, 0.25) is 0 Å². The van der Waals surface area contributed by atoms with Gasteiger partial charge in [0.2, 0.25) is 15.9 Å². The van der Waals surface area contributed by atoms with Crippen LogP contribution in [-0.4, -0.2) is 38.3 Å². The first-order valence-electron chi connectivity index (χ1n) is 3.99. The van der Waals surface area contributed by atoms with E-state index in [4.69, 9.17) is 0 Å². The molecule has 0 aromatic carbocycles. The largest absolute Gasteiger partial charge is 0.344 e. The highest BCUT2D eigenvalue weighted by Gasteiger charge is 2.22. The van der Waals surface area contributed by atoms with Gasteiger partial charge in [0.25, 0.3) is 5.91 Å². The standard InChI is InChI=1S/C6H11N3O5S2/c1-4(10)7-5(3-15-9-12)6(11)8-16(2,13)14/h5H,3H2,1-2H3,(H,7,10)(H,8,11)/t5-/m0/s1. The van der Waals surface area contributed by atoms with Crippen LogP contribution < -0.4 is 10.0 Å². The molecule has 92 valence electrons. The Balaban J connectivity index is 4.54. The Morgan fingerprint density at radius 2 is 2.00 bits per heavy atom. The summed E-state index contributed by atoms with van der Waals surface area (Å²) in [4.78, 5) is 31.9. The fraction of sp³-hybridized carbons (Fsp3) is 0.667. The number of hydrogen-bond donors (Lipinski definition) is 2. The summed E-state index contributed by atoms with van der Waals surface area (Å²) in [7, 11) is -3.70. The summed E-state index contributed by atoms with van der Waals surface area (Å²) >= 11 is 0.512. The molecule has 0 saturated heterocycles. The van der Waals surface area contributed by atoms with Crippen LogP contribution in [0.4, 0.5) is 0 Å². The monoisotopic (exact) mass is 269 g/mol. The van der Waals surface area contributed by atoms with Gasteiger partial charge in [-0.3, -0.25) is 14.3 Å². The molecule has 16 heavy (non-hydrogen) atoms. The van der Waals surface area contributed by atoms with Crippen LogP contribution in [-0.2, 0) is 19.6 Å². The van der Waals surface area contributed by atoms with E-state index in [2.05, 4.69) is 9.90 Å². The predicted octanol–water partition coefficient (Wildman–Crippen LogP) is -1.02. The average Bonchev–Trinajstić information content (AvgIpc) is 2.08. The van der Waals surface area contributed by atoms with E-state index in [-0.39, 0.29) is 5.75 Å². The molecule has 0 rings (SSSR count). The summed E-state index contributed by atoms with van der Waals surface area (Å²) in [5.41, 5.74) is 0. The highest BCUT2D eigenvalue weighted by molar-refractivity contribution is 7.98. The Morgan fingerprint density at radius 3 is 2.38 bits per heavy atom. The topological polar surface area (TPSA) is 122 Å². The number of nitrogens with one attached hydrogen (secondary N) is 2. The third kappa shape index (κ3) is 7.17. The second-order valence-corrected chi connectivity index (χ2v) is 5.35. The van der Waals surface area contributed by atoms with Crippen LogP contribution in [0.3, 0.4) is 0 Å². The van der Waals surface area contributed by atoms with E-state index in [1.807, 2.05) is 0 Å². The van der Waals surface area contributed by atoms with Gasteiger partial charge in [-0.1, -0.05) is 0 Å². The van der Waals surface area contributed by atoms with E-state index in [1.54, 1.807) is 4.72 Å². The minimum absolute atomic E-state index is 0.134. The van der Waals surface area contributed by atoms with Crippen molar-refractivity contribution in [2.45, 2.75) is 13.0 Å². The van der Waals surface area contributed by atoms with Crippen molar-refractivity contribution in [3.05, 3.63) is 4.91 Å². The third-order valence-corrected chi connectivity index (χ3v) is 2.43. The van der Waals surface area contributed by atoms with Gasteiger partial charge < -0.3 is 5.32 Å². The Labute approximate surface area is 96.7 Å². The van der Waals surface area contributed by atoms with Crippen LogP contribution in [0.15, 0.2) is 4.58 Å². The number of rotatable bonds is 6. The molecule has 0 unspecified atom stereocenters. The average molecular weight is 269 g/mol. The molecule has 0 aliphatic rings. The van der Waals surface area contributed by atoms with Gasteiger partial charge in [-0.25, -0.2) is 8.42 Å². The van der Waals surface area contributed by atoms with E-state index < -0.39 is 27.9 Å². The fourth-order valence-electron chi connectivity index (χ4n) is 0.787. The number of sulfonamides is 1. The molecule has 0 heterocycles. The second kappa shape index (κ2) is 6.43. The zero-order valence-corrected chi connectivity index (χ0v) is 10.2. The molecule has 2 N–H and O–H groups in total. The van der Waals surface area contributed by atoms with Crippen molar-refractivity contribution in [2.24, 2.45) is 4.58 Å². The maximum absolute atomic E-state index is 11.3. The second-order valence-electron chi connectivity index (χ2n) is 2.86. The van der Waals surface area contributed by atoms with Crippen LogP contribution in [0.1, 0.15) is 6.92 Å². The van der Waals surface area contributed by atoms with Crippen molar-refractivity contribution in [3.8, 4) is 0 Å². The van der Waals surface area contributed by atoms with E-state index in [1.165, 1.54) is 6.92 Å². The Hall–Kier alpha value is -1.16. The number of amides is 2. The Bertz CT molecular complexity index is 380. The van der Waals surface area contributed by atoms with Gasteiger partial charge in [0, 0.05) is 29.2 Å². The molecule has 0 fully saturated rings. The molecule has 0 saturated carbocycles. The van der Waals surface area contributed by atoms with Crippen LogP contribution >= 0.6 is 11.9 Å². The molecule has 1 atom stereocenters. The van der Waals surface area contributed by atoms with Gasteiger partial charge in [0.1, 0.15) is 6.04 Å². The zero-order chi connectivity index (χ0) is 12.8. The predicted molar refractivity (Wildman–Crippen MR) is 58.8 cm³/mol. The lowest BCUT2D eigenvalue weighted by Crippen LogP contribution is -2.48. The van der Waals surface area contributed by atoms with Crippen molar-refractivity contribution in [1.82, 2.24) is 10.0 Å². The number of nitrogens with zero attached hydrogens (tertiary/aromatic N) is 1. The first-order valence-corrected chi connectivity index (χ1v) is 6.83. The third-order valence-electron chi connectivity index (χ3n) is 1.27. The molecule has 8 nitrogen and oxygen atoms in total. The molecule has 10 heteroatoms. The summed E-state index contributed by atoms with van der Waals surface area (Å²) in [6.07, 6.45) is 0.806. The molecule has 0 radical (unpaired) electrons. The summed E-state index contributed by atoms with van der Waals surface area (Å²) < 4.78 is 25.7. The first-order chi connectivity index (χ1) is 7.26. The van der Waals surface area contributed by atoms with Gasteiger partial charge in [0.15, 0.2) is 0 Å². The SMILES string of the molecule is CC(=O)N[C@@H](CSN=O)C(=O)NS(C)(=O)=O.